The molecule has 0 atom stereocenters. The molecule has 3 aromatic heterocycles. The molecule has 9 rings (SSSR count). The zero-order chi connectivity index (χ0) is 29.6. The summed E-state index contributed by atoms with van der Waals surface area (Å²) in [6, 6.07) is 21.8. The molecule has 0 saturated carbocycles. The number of ether oxygens (including phenoxy) is 1. The van der Waals surface area contributed by atoms with Gasteiger partial charge in [-0.25, -0.2) is 9.97 Å². The zero-order valence-electron chi connectivity index (χ0n) is 24.7. The Kier molecular flexibility index (Phi) is 3.99. The van der Waals surface area contributed by atoms with E-state index in [9.17, 15) is 0 Å². The monoisotopic (exact) mass is 534 g/mol. The minimum Gasteiger partial charge on any atom is -0.428 e. The van der Waals surface area contributed by atoms with Crippen molar-refractivity contribution in [3.05, 3.63) is 132 Å². The first-order valence-corrected chi connectivity index (χ1v) is 13.5. The molecule has 194 valence electrons. The minimum atomic E-state index is -2.26. The highest BCUT2D eigenvalue weighted by Gasteiger charge is 2.38. The largest absolute Gasteiger partial charge is 0.428 e. The molecule has 0 aliphatic carbocycles. The van der Waals surface area contributed by atoms with Gasteiger partial charge in [0.15, 0.2) is 11.8 Å². The fraction of sp³-hybridized carbons (Fsp3) is 0.0323. The topological polar surface area (TPSA) is 73.3 Å². The first-order chi connectivity index (χ1) is 21.5. The van der Waals surface area contributed by atoms with E-state index in [4.69, 9.17) is 13.8 Å². The summed E-state index contributed by atoms with van der Waals surface area (Å²) >= 11 is 0. The van der Waals surface area contributed by atoms with Crippen LogP contribution >= 0.6 is 0 Å². The van der Waals surface area contributed by atoms with Crippen molar-refractivity contribution in [1.82, 2.24) is 33.9 Å². The second kappa shape index (κ2) is 8.32. The lowest BCUT2D eigenvalue weighted by Crippen LogP contribution is -2.54. The third-order valence-electron chi connectivity index (χ3n) is 8.00. The van der Waals surface area contributed by atoms with Crippen molar-refractivity contribution in [2.24, 2.45) is 0 Å². The van der Waals surface area contributed by atoms with E-state index in [0.29, 0.717) is 22.9 Å². The number of fused-ring (bicyclic) bond motifs is 11. The summed E-state index contributed by atoms with van der Waals surface area (Å²) in [5.41, 5.74) is 7.51. The molecule has 10 heteroatoms. The van der Waals surface area contributed by atoms with Crippen LogP contribution in [0.3, 0.4) is 0 Å². The molecule has 8 nitrogen and oxygen atoms in total. The van der Waals surface area contributed by atoms with Crippen LogP contribution in [-0.2, 0) is 4.74 Å². The number of hydrogen-bond acceptors (Lipinski definition) is 5. The SMILES string of the molecule is [2H]C([2H])([2H])c1cccc2c1C1=CC=C(OC3=CC=CB(n4c5ccccc5n5c6ccccc6nc45)N3)NB1c1nccn1-2. The molecule has 3 aromatic carbocycles. The van der Waals surface area contributed by atoms with Crippen molar-refractivity contribution in [2.75, 3.05) is 0 Å². The van der Waals surface area contributed by atoms with Gasteiger partial charge in [-0.3, -0.25) is 4.40 Å². The number of benzene rings is 3. The summed E-state index contributed by atoms with van der Waals surface area (Å²) in [6.45, 7) is -2.91. The fourth-order valence-corrected chi connectivity index (χ4v) is 6.28. The molecular weight excluding hydrogens is 508 g/mol. The molecule has 6 heterocycles. The van der Waals surface area contributed by atoms with Gasteiger partial charge in [0, 0.05) is 16.5 Å². The quantitative estimate of drug-likeness (QED) is 0.335. The van der Waals surface area contributed by atoms with E-state index in [-0.39, 0.29) is 13.8 Å². The Hall–Kier alpha value is -5.37. The van der Waals surface area contributed by atoms with E-state index in [1.54, 1.807) is 18.3 Å². The van der Waals surface area contributed by atoms with Crippen molar-refractivity contribution in [3.8, 4) is 5.69 Å². The summed E-state index contributed by atoms with van der Waals surface area (Å²) in [4.78, 5) is 9.60. The fourth-order valence-electron chi connectivity index (χ4n) is 6.28. The van der Waals surface area contributed by atoms with Gasteiger partial charge in [0.05, 0.1) is 27.8 Å². The maximum Gasteiger partial charge on any atom is 0.410 e. The average molecular weight is 534 g/mol. The summed E-state index contributed by atoms with van der Waals surface area (Å²) in [7, 11) is 0. The molecule has 0 amide bonds. The molecular formula is C31H23B2N7O. The van der Waals surface area contributed by atoms with Crippen LogP contribution in [-0.4, -0.2) is 37.2 Å². The van der Waals surface area contributed by atoms with E-state index in [0.717, 1.165) is 44.7 Å². The van der Waals surface area contributed by atoms with Gasteiger partial charge in [-0.05, 0) is 65.9 Å². The van der Waals surface area contributed by atoms with Crippen molar-refractivity contribution in [1.29, 1.82) is 0 Å². The molecule has 0 fully saturated rings. The third kappa shape index (κ3) is 3.18. The Morgan fingerprint density at radius 3 is 2.66 bits per heavy atom. The van der Waals surface area contributed by atoms with Crippen LogP contribution in [0.2, 0.25) is 0 Å². The number of aromatic nitrogens is 5. The van der Waals surface area contributed by atoms with Gasteiger partial charge in [-0.1, -0.05) is 54.5 Å². The van der Waals surface area contributed by atoms with Gasteiger partial charge >= 0.3 is 13.8 Å². The van der Waals surface area contributed by atoms with Crippen LogP contribution in [0.1, 0.15) is 15.2 Å². The molecule has 0 radical (unpaired) electrons. The Labute approximate surface area is 240 Å². The first kappa shape index (κ1) is 19.7. The minimum absolute atomic E-state index is 0.258. The predicted octanol–water partition coefficient (Wildman–Crippen LogP) is 4.11. The van der Waals surface area contributed by atoms with E-state index in [1.165, 1.54) is 0 Å². The Morgan fingerprint density at radius 2 is 1.73 bits per heavy atom. The lowest BCUT2D eigenvalue weighted by Gasteiger charge is -2.32. The van der Waals surface area contributed by atoms with Gasteiger partial charge < -0.3 is 24.2 Å². The molecule has 2 N–H and O–H groups in total. The van der Waals surface area contributed by atoms with Crippen molar-refractivity contribution >= 4 is 52.9 Å². The molecule has 41 heavy (non-hydrogen) atoms. The Bertz CT molecular complexity index is 2290. The number of hydrogen-bond donors (Lipinski definition) is 2. The highest BCUT2D eigenvalue weighted by atomic mass is 16.5. The summed E-state index contributed by atoms with van der Waals surface area (Å²) in [5, 5.41) is 6.99. The van der Waals surface area contributed by atoms with Gasteiger partial charge in [0.25, 0.3) is 0 Å². The lowest BCUT2D eigenvalue weighted by atomic mass is 9.49. The molecule has 0 spiro atoms. The molecule has 6 aromatic rings. The van der Waals surface area contributed by atoms with Crippen molar-refractivity contribution < 1.29 is 8.85 Å². The molecule has 3 aliphatic heterocycles. The maximum absolute atomic E-state index is 8.18. The van der Waals surface area contributed by atoms with E-state index < -0.39 is 6.85 Å². The average Bonchev–Trinajstić information content (AvgIpc) is 3.74. The number of nitrogens with zero attached hydrogens (tertiary/aromatic N) is 5. The predicted molar refractivity (Wildman–Crippen MR) is 164 cm³/mol. The highest BCUT2D eigenvalue weighted by molar-refractivity contribution is 6.88. The van der Waals surface area contributed by atoms with Crippen LogP contribution in [0.15, 0.2) is 121 Å². The van der Waals surface area contributed by atoms with Crippen LogP contribution in [0.5, 0.6) is 0 Å². The van der Waals surface area contributed by atoms with Gasteiger partial charge in [0.2, 0.25) is 5.78 Å². The van der Waals surface area contributed by atoms with Gasteiger partial charge in [-0.2, -0.15) is 0 Å². The smallest absolute Gasteiger partial charge is 0.410 e. The number of allylic oxidation sites excluding steroid dienone is 4. The van der Waals surface area contributed by atoms with Crippen LogP contribution < -0.4 is 16.2 Å². The second-order valence-corrected chi connectivity index (χ2v) is 10.3. The molecule has 0 unspecified atom stereocenters. The van der Waals surface area contributed by atoms with Crippen LogP contribution in [0.25, 0.3) is 39.0 Å². The summed E-state index contributed by atoms with van der Waals surface area (Å²) < 4.78 is 37.2. The second-order valence-electron chi connectivity index (χ2n) is 10.3. The van der Waals surface area contributed by atoms with Crippen molar-refractivity contribution in [3.63, 3.8) is 0 Å². The third-order valence-corrected chi connectivity index (χ3v) is 8.00. The summed E-state index contributed by atoms with van der Waals surface area (Å²) in [5.74, 6) is 3.98. The Balaban J connectivity index is 1.07. The number of rotatable bonds is 3. The number of para-hydroxylation sites is 4. The van der Waals surface area contributed by atoms with E-state index in [2.05, 4.69) is 48.5 Å². The number of imidazole rings is 3. The Morgan fingerprint density at radius 1 is 0.878 bits per heavy atom. The number of aryl methyl sites for hydroxylation is 1. The maximum atomic E-state index is 8.18. The van der Waals surface area contributed by atoms with Crippen LogP contribution in [0.4, 0.5) is 0 Å². The molecule has 0 bridgehead atoms. The van der Waals surface area contributed by atoms with Gasteiger partial charge in [-0.15, -0.1) is 0 Å². The normalized spacial score (nSPS) is 17.0. The zero-order valence-corrected chi connectivity index (χ0v) is 21.7. The van der Waals surface area contributed by atoms with Crippen molar-refractivity contribution in [2.45, 2.75) is 6.85 Å². The van der Waals surface area contributed by atoms with E-state index in [1.807, 2.05) is 71.5 Å². The lowest BCUT2D eigenvalue weighted by molar-refractivity contribution is 0.276. The number of nitrogens with one attached hydrogen (secondary N) is 2. The molecule has 3 aliphatic rings. The molecule has 0 saturated heterocycles. The van der Waals surface area contributed by atoms with Crippen LogP contribution in [0, 0.1) is 6.85 Å². The van der Waals surface area contributed by atoms with E-state index >= 15 is 0 Å². The van der Waals surface area contributed by atoms with Gasteiger partial charge in [0.1, 0.15) is 5.72 Å². The highest BCUT2D eigenvalue weighted by Crippen LogP contribution is 2.33. The first-order valence-electron chi connectivity index (χ1n) is 15.0. The summed E-state index contributed by atoms with van der Waals surface area (Å²) in [6.07, 6.45) is 11.2. The standard InChI is InChI=1S/C31H23B2N7O/c1-20-8-6-13-26-29(20)21-15-16-28(37-33(21)30-34-18-19-38(26)30)41-27-14-7-17-32(36-27)40-25-12-5-4-11-24(25)39-23-10-3-2-9-22(23)35-31(39)40/h2-19,36-37H,1H3/i1D3.